The lowest BCUT2D eigenvalue weighted by molar-refractivity contribution is -0.143. The van der Waals surface area contributed by atoms with Crippen molar-refractivity contribution >= 4 is 11.5 Å². The van der Waals surface area contributed by atoms with Crippen LogP contribution in [0.3, 0.4) is 0 Å². The highest BCUT2D eigenvalue weighted by Crippen LogP contribution is 2.36. The lowest BCUT2D eigenvalue weighted by Gasteiger charge is -2.12. The van der Waals surface area contributed by atoms with Crippen LogP contribution in [0.25, 0.3) is 5.53 Å². The quantitative estimate of drug-likeness (QED) is 0.357. The number of benzene rings is 1. The number of carbonyl (C=O) groups is 1. The van der Waals surface area contributed by atoms with Gasteiger partial charge in [-0.15, -0.1) is 0 Å². The second-order valence-electron chi connectivity index (χ2n) is 3.80. The van der Waals surface area contributed by atoms with Gasteiger partial charge in [0.25, 0.3) is 0 Å². The Balaban J connectivity index is 3.62. The van der Waals surface area contributed by atoms with Crippen LogP contribution in [-0.4, -0.2) is 16.3 Å². The molecule has 0 atom stereocenters. The summed E-state index contributed by atoms with van der Waals surface area (Å²) in [5.74, 6) is -0.972. The van der Waals surface area contributed by atoms with E-state index in [4.69, 9.17) is 5.53 Å². The minimum Gasteiger partial charge on any atom is -0.361 e. The SMILES string of the molecule is CC(=O)C(=[N+]=[N-])c1cc(C(F)(F)F)cc(C(F)(F)F)c1. The van der Waals surface area contributed by atoms with Crippen molar-refractivity contribution in [2.75, 3.05) is 0 Å². The Bertz CT molecular complexity index is 564. The molecule has 0 spiro atoms. The summed E-state index contributed by atoms with van der Waals surface area (Å²) in [7, 11) is 0. The summed E-state index contributed by atoms with van der Waals surface area (Å²) < 4.78 is 75.3. The minimum absolute atomic E-state index is 0.0847. The second-order valence-corrected chi connectivity index (χ2v) is 3.80. The van der Waals surface area contributed by atoms with Crippen molar-refractivity contribution < 1.29 is 35.9 Å². The number of ketones is 1. The van der Waals surface area contributed by atoms with Crippen molar-refractivity contribution in [1.29, 1.82) is 0 Å². The predicted octanol–water partition coefficient (Wildman–Crippen LogP) is 3.33. The first-order valence-corrected chi connectivity index (χ1v) is 4.99. The zero-order valence-electron chi connectivity index (χ0n) is 9.80. The van der Waals surface area contributed by atoms with Gasteiger partial charge in [-0.25, -0.2) is 0 Å². The molecule has 0 fully saturated rings. The summed E-state index contributed by atoms with van der Waals surface area (Å²) in [6, 6.07) is 0.538. The van der Waals surface area contributed by atoms with E-state index in [2.05, 4.69) is 4.79 Å². The minimum atomic E-state index is -5.03. The maximum Gasteiger partial charge on any atom is 0.416 e. The van der Waals surface area contributed by atoms with Crippen LogP contribution in [0.15, 0.2) is 18.2 Å². The van der Waals surface area contributed by atoms with Gasteiger partial charge in [-0.2, -0.15) is 31.1 Å². The van der Waals surface area contributed by atoms with E-state index in [1.54, 1.807) is 0 Å². The first-order chi connectivity index (χ1) is 8.96. The van der Waals surface area contributed by atoms with Crippen LogP contribution in [0.5, 0.6) is 0 Å². The molecule has 0 aliphatic rings. The van der Waals surface area contributed by atoms with Crippen LogP contribution >= 0.6 is 0 Å². The molecular weight excluding hydrogens is 290 g/mol. The van der Waals surface area contributed by atoms with E-state index in [0.717, 1.165) is 6.92 Å². The number of alkyl halides is 6. The maximum atomic E-state index is 12.5. The van der Waals surface area contributed by atoms with Crippen LogP contribution in [0.4, 0.5) is 26.3 Å². The number of Topliss-reactive ketones (excluding diaryl/α,β-unsaturated/α-hetero) is 1. The van der Waals surface area contributed by atoms with Crippen molar-refractivity contribution in [3.8, 4) is 0 Å². The molecule has 0 unspecified atom stereocenters. The van der Waals surface area contributed by atoms with Crippen LogP contribution < -0.4 is 0 Å². The van der Waals surface area contributed by atoms with Gasteiger partial charge in [0, 0.05) is 6.92 Å². The molecule has 9 heteroatoms. The van der Waals surface area contributed by atoms with Gasteiger partial charge in [-0.3, -0.25) is 4.79 Å². The Morgan fingerprint density at radius 1 is 1.00 bits per heavy atom. The summed E-state index contributed by atoms with van der Waals surface area (Å²) in [5, 5.41) is 0. The van der Waals surface area contributed by atoms with E-state index < -0.39 is 40.5 Å². The van der Waals surface area contributed by atoms with E-state index in [1.807, 2.05) is 0 Å². The highest BCUT2D eigenvalue weighted by atomic mass is 19.4. The number of hydrogen-bond donors (Lipinski definition) is 0. The fourth-order valence-electron chi connectivity index (χ4n) is 1.42. The number of halogens is 6. The number of hydrogen-bond acceptors (Lipinski definition) is 1. The molecule has 0 saturated heterocycles. The molecule has 0 saturated carbocycles. The van der Waals surface area contributed by atoms with Gasteiger partial charge >= 0.3 is 18.1 Å². The Hall–Kier alpha value is -2.15. The lowest BCUT2D eigenvalue weighted by Crippen LogP contribution is -2.17. The molecule has 20 heavy (non-hydrogen) atoms. The molecule has 0 aliphatic carbocycles. The van der Waals surface area contributed by atoms with E-state index in [9.17, 15) is 31.1 Å². The first kappa shape index (κ1) is 15.9. The van der Waals surface area contributed by atoms with Crippen molar-refractivity contribution in [2.24, 2.45) is 0 Å². The molecule has 0 radical (unpaired) electrons. The number of rotatable bonds is 2. The highest BCUT2D eigenvalue weighted by molar-refractivity contribution is 6.43. The fourth-order valence-corrected chi connectivity index (χ4v) is 1.42. The average molecular weight is 296 g/mol. The molecule has 0 aliphatic heterocycles. The van der Waals surface area contributed by atoms with Crippen molar-refractivity contribution in [3.63, 3.8) is 0 Å². The molecule has 108 valence electrons. The molecule has 3 nitrogen and oxygen atoms in total. The third-order valence-electron chi connectivity index (χ3n) is 2.29. The Kier molecular flexibility index (Phi) is 4.04. The maximum absolute atomic E-state index is 12.5. The largest absolute Gasteiger partial charge is 0.416 e. The average Bonchev–Trinajstić information content (AvgIpc) is 2.26. The number of nitrogens with zero attached hydrogens (tertiary/aromatic N) is 2. The van der Waals surface area contributed by atoms with Gasteiger partial charge in [0.05, 0.1) is 16.7 Å². The van der Waals surface area contributed by atoms with E-state index in [1.165, 1.54) is 0 Å². The fraction of sp³-hybridized carbons (Fsp3) is 0.273. The van der Waals surface area contributed by atoms with Crippen molar-refractivity contribution in [1.82, 2.24) is 0 Å². The lowest BCUT2D eigenvalue weighted by atomic mass is 10.00. The Morgan fingerprint density at radius 3 is 1.65 bits per heavy atom. The van der Waals surface area contributed by atoms with Crippen LogP contribution in [0.2, 0.25) is 0 Å². The second kappa shape index (κ2) is 5.09. The molecule has 0 bridgehead atoms. The van der Waals surface area contributed by atoms with Crippen LogP contribution in [0, 0.1) is 0 Å². The molecule has 0 heterocycles. The van der Waals surface area contributed by atoms with Gasteiger partial charge < -0.3 is 5.53 Å². The third-order valence-corrected chi connectivity index (χ3v) is 2.29. The van der Waals surface area contributed by atoms with E-state index >= 15 is 0 Å². The molecule has 0 amide bonds. The molecule has 1 aromatic carbocycles. The summed E-state index contributed by atoms with van der Waals surface area (Å²) in [6.45, 7) is 0.850. The highest BCUT2D eigenvalue weighted by Gasteiger charge is 2.38. The Morgan fingerprint density at radius 2 is 1.40 bits per heavy atom. The predicted molar refractivity (Wildman–Crippen MR) is 54.9 cm³/mol. The van der Waals surface area contributed by atoms with Crippen LogP contribution in [-0.2, 0) is 17.1 Å². The smallest absolute Gasteiger partial charge is 0.361 e. The molecule has 0 aromatic heterocycles. The summed E-state index contributed by atoms with van der Waals surface area (Å²) in [5.41, 5.74) is 3.71. The van der Waals surface area contributed by atoms with Gasteiger partial charge in [0.1, 0.15) is 0 Å². The summed E-state index contributed by atoms with van der Waals surface area (Å²) in [4.78, 5) is 13.5. The van der Waals surface area contributed by atoms with Crippen LogP contribution in [0.1, 0.15) is 23.6 Å². The molecule has 1 rings (SSSR count). The third kappa shape index (κ3) is 3.45. The van der Waals surface area contributed by atoms with Gasteiger partial charge in [-0.1, -0.05) is 0 Å². The van der Waals surface area contributed by atoms with Crippen molar-refractivity contribution in [3.05, 3.63) is 40.4 Å². The monoisotopic (exact) mass is 296 g/mol. The first-order valence-electron chi connectivity index (χ1n) is 4.99. The molecule has 0 N–H and O–H groups in total. The number of carbonyl (C=O) groups excluding carboxylic acids is 1. The molecule has 1 aromatic rings. The molecular formula is C11H6F6N2O. The van der Waals surface area contributed by atoms with E-state index in [-0.39, 0.29) is 6.07 Å². The topological polar surface area (TPSA) is 53.5 Å². The summed E-state index contributed by atoms with van der Waals surface area (Å²) in [6.07, 6.45) is -10.1. The van der Waals surface area contributed by atoms with Gasteiger partial charge in [0.15, 0.2) is 0 Å². The normalized spacial score (nSPS) is 11.9. The van der Waals surface area contributed by atoms with Gasteiger partial charge in [0.2, 0.25) is 5.78 Å². The summed E-state index contributed by atoms with van der Waals surface area (Å²) >= 11 is 0. The zero-order valence-corrected chi connectivity index (χ0v) is 9.80. The van der Waals surface area contributed by atoms with Gasteiger partial charge in [-0.05, 0) is 18.2 Å². The standard InChI is InChI=1S/C11H6F6N2O/c1-5(20)9(19-18)6-2-7(10(12,13)14)4-8(3-6)11(15,16)17/h2-4H,1H3. The zero-order chi connectivity index (χ0) is 15.7. The van der Waals surface area contributed by atoms with E-state index in [0.29, 0.717) is 12.1 Å². The Labute approximate surface area is 108 Å². The van der Waals surface area contributed by atoms with Crippen molar-refractivity contribution in [2.45, 2.75) is 19.3 Å².